The molecule has 2 rings (SSSR count). The van der Waals surface area contributed by atoms with E-state index in [2.05, 4.69) is 4.98 Å². The number of aliphatic hydroxyl groups is 2. The van der Waals surface area contributed by atoms with Gasteiger partial charge in [-0.05, 0) is 0 Å². The van der Waals surface area contributed by atoms with Crippen molar-refractivity contribution >= 4 is 5.82 Å². The Morgan fingerprint density at radius 2 is 2.27 bits per heavy atom. The van der Waals surface area contributed by atoms with Gasteiger partial charge in [0, 0.05) is 0 Å². The number of ether oxygens (including phenoxy) is 1. The first-order chi connectivity index (χ1) is 10.3. The van der Waals surface area contributed by atoms with Gasteiger partial charge in [-0.25, -0.2) is 18.0 Å². The Labute approximate surface area is 122 Å². The minimum Gasteiger partial charge on any atom is -0.394 e. The van der Waals surface area contributed by atoms with Crippen LogP contribution < -0.4 is 11.4 Å². The van der Waals surface area contributed by atoms with Crippen LogP contribution in [-0.2, 0) is 4.74 Å². The zero-order valence-electron chi connectivity index (χ0n) is 11.0. The molecule has 0 amide bonds. The normalized spacial score (nSPS) is 30.9. The second-order valence-electron chi connectivity index (χ2n) is 4.52. The number of hydrogen-bond acceptors (Lipinski definition) is 6. The highest BCUT2D eigenvalue weighted by molar-refractivity contribution is 5.28. The fraction of sp³-hybridized carbons (Fsp3) is 0.500. The number of hydrogen-bond donors (Lipinski definition) is 3. The van der Waals surface area contributed by atoms with Crippen molar-refractivity contribution in [1.29, 1.82) is 0 Å². The van der Waals surface area contributed by atoms with Crippen LogP contribution in [0.15, 0.2) is 11.0 Å². The van der Waals surface area contributed by atoms with E-state index in [4.69, 9.17) is 15.6 Å². The molecular weight excluding hydrogens is 307 g/mol. The number of alkyl halides is 2. The summed E-state index contributed by atoms with van der Waals surface area (Å²) >= 11 is 0. The number of halogens is 3. The maximum Gasteiger partial charge on any atom is 0.351 e. The summed E-state index contributed by atoms with van der Waals surface area (Å²) in [4.78, 5) is 14.9. The maximum absolute atomic E-state index is 14.9. The summed E-state index contributed by atoms with van der Waals surface area (Å²) in [5, 5.41) is 18.9. The van der Waals surface area contributed by atoms with Gasteiger partial charge in [-0.15, -0.1) is 0 Å². The molecule has 0 aromatic carbocycles. The zero-order chi connectivity index (χ0) is 16.5. The third-order valence-electron chi connectivity index (χ3n) is 3.16. The summed E-state index contributed by atoms with van der Waals surface area (Å²) in [5.41, 5.74) is 1.02. The number of aliphatic hydroxyl groups excluding tert-OH is 2. The SMILES string of the molecule is Nc1nc(=O)n(C2OC(CO)C(O)C2(F)C#CCF)cc1F. The summed E-state index contributed by atoms with van der Waals surface area (Å²) in [6, 6.07) is 0. The summed E-state index contributed by atoms with van der Waals surface area (Å²) in [6.45, 7) is -2.00. The lowest BCUT2D eigenvalue weighted by Crippen LogP contribution is -2.44. The van der Waals surface area contributed by atoms with E-state index in [1.54, 1.807) is 5.92 Å². The predicted octanol–water partition coefficient (Wildman–Crippen LogP) is -1.10. The van der Waals surface area contributed by atoms with Gasteiger partial charge in [0.1, 0.15) is 18.9 Å². The van der Waals surface area contributed by atoms with Crippen LogP contribution in [-0.4, -0.2) is 50.9 Å². The van der Waals surface area contributed by atoms with E-state index in [0.717, 1.165) is 0 Å². The van der Waals surface area contributed by atoms with Crippen LogP contribution >= 0.6 is 0 Å². The molecule has 1 aromatic heterocycles. The maximum atomic E-state index is 14.9. The highest BCUT2D eigenvalue weighted by Crippen LogP contribution is 2.40. The van der Waals surface area contributed by atoms with E-state index in [1.807, 2.05) is 5.92 Å². The molecule has 1 aromatic rings. The van der Waals surface area contributed by atoms with Gasteiger partial charge in [0.15, 0.2) is 17.9 Å². The third-order valence-corrected chi connectivity index (χ3v) is 3.16. The Morgan fingerprint density at radius 1 is 1.59 bits per heavy atom. The standard InChI is InChI=1S/C12H12F3N3O4/c13-3-1-2-12(15)8(20)7(5-19)22-10(12)18-4-6(14)9(16)17-11(18)21/h4,7-8,10,19-20H,3,5H2,(H2,16,17,21). The van der Waals surface area contributed by atoms with Crippen molar-refractivity contribution in [2.24, 2.45) is 0 Å². The van der Waals surface area contributed by atoms with E-state index in [0.29, 0.717) is 10.8 Å². The summed E-state index contributed by atoms with van der Waals surface area (Å²) in [5.74, 6) is 1.78. The molecule has 4 atom stereocenters. The fourth-order valence-corrected chi connectivity index (χ4v) is 2.10. The van der Waals surface area contributed by atoms with Crippen molar-refractivity contribution in [2.75, 3.05) is 19.0 Å². The van der Waals surface area contributed by atoms with Gasteiger partial charge in [0.25, 0.3) is 0 Å². The second-order valence-corrected chi connectivity index (χ2v) is 4.52. The molecule has 4 unspecified atom stereocenters. The van der Waals surface area contributed by atoms with E-state index in [9.17, 15) is 23.1 Å². The molecule has 0 aliphatic carbocycles. The Balaban J connectivity index is 2.56. The Bertz CT molecular complexity index is 686. The van der Waals surface area contributed by atoms with Gasteiger partial charge in [-0.1, -0.05) is 11.8 Å². The Kier molecular flexibility index (Phi) is 4.41. The summed E-state index contributed by atoms with van der Waals surface area (Å²) in [7, 11) is 0. The molecule has 2 heterocycles. The Hall–Kier alpha value is -2.09. The molecule has 0 bridgehead atoms. The van der Waals surface area contributed by atoms with Crippen molar-refractivity contribution in [3.63, 3.8) is 0 Å². The minimum absolute atomic E-state index is 0.400. The number of nitrogens with zero attached hydrogens (tertiary/aromatic N) is 2. The van der Waals surface area contributed by atoms with E-state index in [-0.39, 0.29) is 0 Å². The van der Waals surface area contributed by atoms with Crippen molar-refractivity contribution in [2.45, 2.75) is 24.1 Å². The van der Waals surface area contributed by atoms with Crippen LogP contribution in [0, 0.1) is 17.7 Å². The van der Waals surface area contributed by atoms with Gasteiger partial charge < -0.3 is 20.7 Å². The summed E-state index contributed by atoms with van der Waals surface area (Å²) in [6.07, 6.45) is -4.80. The largest absolute Gasteiger partial charge is 0.394 e. The van der Waals surface area contributed by atoms with E-state index in [1.165, 1.54) is 0 Å². The van der Waals surface area contributed by atoms with Gasteiger partial charge >= 0.3 is 5.69 Å². The molecule has 1 aliphatic heterocycles. The smallest absolute Gasteiger partial charge is 0.351 e. The van der Waals surface area contributed by atoms with Gasteiger partial charge in [-0.2, -0.15) is 4.98 Å². The van der Waals surface area contributed by atoms with Gasteiger partial charge in [0.05, 0.1) is 12.8 Å². The van der Waals surface area contributed by atoms with Gasteiger partial charge in [0.2, 0.25) is 5.67 Å². The highest BCUT2D eigenvalue weighted by Gasteiger charge is 2.58. The first kappa shape index (κ1) is 16.3. The molecule has 1 aliphatic rings. The number of nitrogens with two attached hydrogens (primary N) is 1. The first-order valence-corrected chi connectivity index (χ1v) is 6.08. The number of rotatable bonds is 2. The quantitative estimate of drug-likeness (QED) is 0.597. The average Bonchev–Trinajstić information content (AvgIpc) is 2.73. The van der Waals surface area contributed by atoms with Crippen molar-refractivity contribution < 1.29 is 28.1 Å². The predicted molar refractivity (Wildman–Crippen MR) is 67.5 cm³/mol. The van der Waals surface area contributed by atoms with Crippen LogP contribution in [0.1, 0.15) is 6.23 Å². The molecule has 10 heteroatoms. The first-order valence-electron chi connectivity index (χ1n) is 6.08. The topological polar surface area (TPSA) is 111 Å². The molecule has 7 nitrogen and oxygen atoms in total. The molecule has 4 N–H and O–H groups in total. The minimum atomic E-state index is -2.94. The molecule has 0 radical (unpaired) electrons. The molecule has 0 spiro atoms. The lowest BCUT2D eigenvalue weighted by molar-refractivity contribution is -0.0546. The van der Waals surface area contributed by atoms with Crippen molar-refractivity contribution in [1.82, 2.24) is 9.55 Å². The highest BCUT2D eigenvalue weighted by atomic mass is 19.1. The number of aromatic nitrogens is 2. The zero-order valence-corrected chi connectivity index (χ0v) is 11.0. The summed E-state index contributed by atoms with van der Waals surface area (Å²) < 4.78 is 46.0. The molecular formula is C12H12F3N3O4. The lowest BCUT2D eigenvalue weighted by Gasteiger charge is -2.24. The van der Waals surface area contributed by atoms with Crippen LogP contribution in [0.5, 0.6) is 0 Å². The molecule has 1 saturated heterocycles. The van der Waals surface area contributed by atoms with Crippen LogP contribution in [0.25, 0.3) is 0 Å². The fourth-order valence-electron chi connectivity index (χ4n) is 2.10. The van der Waals surface area contributed by atoms with E-state index >= 15 is 0 Å². The van der Waals surface area contributed by atoms with Crippen LogP contribution in [0.2, 0.25) is 0 Å². The van der Waals surface area contributed by atoms with Crippen LogP contribution in [0.3, 0.4) is 0 Å². The monoisotopic (exact) mass is 319 g/mol. The van der Waals surface area contributed by atoms with Crippen molar-refractivity contribution in [3.05, 3.63) is 22.5 Å². The number of nitrogen functional groups attached to an aromatic ring is 1. The molecule has 1 fully saturated rings. The molecule has 120 valence electrons. The number of anilines is 1. The Morgan fingerprint density at radius 3 is 2.86 bits per heavy atom. The second kappa shape index (κ2) is 5.96. The van der Waals surface area contributed by atoms with Crippen LogP contribution in [0.4, 0.5) is 19.0 Å². The van der Waals surface area contributed by atoms with Gasteiger partial charge in [-0.3, -0.25) is 4.57 Å². The average molecular weight is 319 g/mol. The van der Waals surface area contributed by atoms with Crippen molar-refractivity contribution in [3.8, 4) is 11.8 Å². The third kappa shape index (κ3) is 2.54. The molecule has 22 heavy (non-hydrogen) atoms. The molecule has 0 saturated carbocycles. The lowest BCUT2D eigenvalue weighted by atomic mass is 9.96. The van der Waals surface area contributed by atoms with E-state index < -0.39 is 54.7 Å².